The molecule has 1 heterocycles. The highest BCUT2D eigenvalue weighted by molar-refractivity contribution is 5.19. The van der Waals surface area contributed by atoms with Crippen LogP contribution in [-0.4, -0.2) is 11.5 Å². The van der Waals surface area contributed by atoms with Crippen molar-refractivity contribution in [3.8, 4) is 0 Å². The first-order valence-corrected chi connectivity index (χ1v) is 7.98. The normalized spacial score (nSPS) is 39.9. The van der Waals surface area contributed by atoms with E-state index in [9.17, 15) is 0 Å². The molecule has 0 aliphatic heterocycles. The second kappa shape index (κ2) is 4.62. The van der Waals surface area contributed by atoms with Crippen molar-refractivity contribution in [2.45, 2.75) is 51.5 Å². The molecule has 0 radical (unpaired) electrons. The molecule has 0 unspecified atom stereocenters. The molecule has 0 aromatic carbocycles. The van der Waals surface area contributed by atoms with E-state index >= 15 is 0 Å². The molecule has 5 rings (SSSR count). The number of nitrogens with zero attached hydrogens (tertiary/aromatic N) is 1. The molecule has 104 valence electrons. The average molecular weight is 260 g/mol. The molecular weight excluding hydrogens is 236 g/mol. The highest BCUT2D eigenvalue weighted by atomic mass is 16.3. The van der Waals surface area contributed by atoms with Gasteiger partial charge in [-0.25, -0.2) is 4.98 Å². The summed E-state index contributed by atoms with van der Waals surface area (Å²) in [4.78, 5) is 4.46. The fourth-order valence-corrected chi connectivity index (χ4v) is 5.28. The van der Waals surface area contributed by atoms with Gasteiger partial charge in [-0.1, -0.05) is 6.92 Å². The van der Waals surface area contributed by atoms with Gasteiger partial charge in [-0.05, 0) is 62.3 Å². The smallest absolute Gasteiger partial charge is 0.181 e. The van der Waals surface area contributed by atoms with Crippen molar-refractivity contribution in [2.24, 2.45) is 23.7 Å². The predicted octanol–water partition coefficient (Wildman–Crippen LogP) is 3.32. The highest BCUT2D eigenvalue weighted by Crippen LogP contribution is 2.60. The van der Waals surface area contributed by atoms with Crippen LogP contribution in [0.5, 0.6) is 0 Å². The van der Waals surface area contributed by atoms with E-state index in [2.05, 4.69) is 17.2 Å². The maximum absolute atomic E-state index is 5.84. The van der Waals surface area contributed by atoms with Crippen LogP contribution in [-0.2, 0) is 6.54 Å². The monoisotopic (exact) mass is 260 g/mol. The molecule has 3 nitrogen and oxygen atoms in total. The van der Waals surface area contributed by atoms with Crippen molar-refractivity contribution in [1.82, 2.24) is 10.3 Å². The zero-order valence-electron chi connectivity index (χ0n) is 11.8. The van der Waals surface area contributed by atoms with Crippen molar-refractivity contribution in [2.75, 3.05) is 6.54 Å². The topological polar surface area (TPSA) is 38.1 Å². The van der Waals surface area contributed by atoms with Crippen molar-refractivity contribution in [3.05, 3.63) is 17.8 Å². The molecule has 0 spiro atoms. The van der Waals surface area contributed by atoms with Gasteiger partial charge in [0.1, 0.15) is 5.76 Å². The van der Waals surface area contributed by atoms with Gasteiger partial charge in [-0.2, -0.15) is 0 Å². The second-order valence-electron chi connectivity index (χ2n) is 6.90. The maximum Gasteiger partial charge on any atom is 0.181 e. The van der Waals surface area contributed by atoms with Gasteiger partial charge < -0.3 is 9.73 Å². The average Bonchev–Trinajstić information content (AvgIpc) is 2.83. The third-order valence-electron chi connectivity index (χ3n) is 5.74. The highest BCUT2D eigenvalue weighted by Gasteiger charge is 2.50. The van der Waals surface area contributed by atoms with Crippen LogP contribution in [0.1, 0.15) is 56.4 Å². The van der Waals surface area contributed by atoms with Crippen molar-refractivity contribution in [1.29, 1.82) is 0 Å². The molecule has 1 N–H and O–H groups in total. The van der Waals surface area contributed by atoms with Crippen molar-refractivity contribution >= 4 is 0 Å². The summed E-state index contributed by atoms with van der Waals surface area (Å²) >= 11 is 0. The van der Waals surface area contributed by atoms with E-state index in [1.807, 2.05) is 0 Å². The molecular formula is C16H24N2O. The summed E-state index contributed by atoms with van der Waals surface area (Å²) in [5.41, 5.74) is 1.17. The number of nitrogens with one attached hydrogen (secondary N) is 1. The van der Waals surface area contributed by atoms with E-state index in [1.165, 1.54) is 43.6 Å². The lowest BCUT2D eigenvalue weighted by Crippen LogP contribution is -2.44. The van der Waals surface area contributed by atoms with Gasteiger partial charge in [0.15, 0.2) is 6.39 Å². The first-order valence-electron chi connectivity index (χ1n) is 7.98. The lowest BCUT2D eigenvalue weighted by Gasteiger charge is -2.53. The van der Waals surface area contributed by atoms with Crippen LogP contribution in [0.2, 0.25) is 0 Å². The van der Waals surface area contributed by atoms with Crippen LogP contribution >= 0.6 is 0 Å². The number of aromatic nitrogens is 1. The van der Waals surface area contributed by atoms with E-state index in [4.69, 9.17) is 4.42 Å². The Morgan fingerprint density at radius 3 is 2.47 bits per heavy atom. The third kappa shape index (κ3) is 1.94. The number of hydrogen-bond acceptors (Lipinski definition) is 3. The molecule has 19 heavy (non-hydrogen) atoms. The molecule has 4 aliphatic rings. The molecule has 4 bridgehead atoms. The first kappa shape index (κ1) is 12.0. The molecule has 4 aliphatic carbocycles. The molecule has 3 heteroatoms. The van der Waals surface area contributed by atoms with Crippen LogP contribution in [0, 0.1) is 23.7 Å². The Bertz CT molecular complexity index is 425. The molecule has 4 saturated carbocycles. The van der Waals surface area contributed by atoms with Gasteiger partial charge in [0.05, 0.1) is 5.69 Å². The summed E-state index contributed by atoms with van der Waals surface area (Å²) in [6.45, 7) is 4.00. The van der Waals surface area contributed by atoms with Gasteiger partial charge in [-0.3, -0.25) is 0 Å². The van der Waals surface area contributed by atoms with Crippen molar-refractivity contribution < 1.29 is 4.42 Å². The molecule has 4 fully saturated rings. The van der Waals surface area contributed by atoms with Gasteiger partial charge >= 0.3 is 0 Å². The van der Waals surface area contributed by atoms with E-state index < -0.39 is 0 Å². The fourth-order valence-electron chi connectivity index (χ4n) is 5.28. The minimum atomic E-state index is 0.670. The van der Waals surface area contributed by atoms with Crippen LogP contribution in [0.4, 0.5) is 0 Å². The number of rotatable bonds is 4. The van der Waals surface area contributed by atoms with Gasteiger partial charge in [0.25, 0.3) is 0 Å². The standard InChI is InChI=1S/C16H24N2O/c1-2-17-8-14-16(19-9-18-14)15-12-4-10-3-11(6-12)7-13(15)5-10/h9-13,15,17H,2-8H2,1H3. The molecule has 0 atom stereocenters. The number of oxazole rings is 1. The van der Waals surface area contributed by atoms with Crippen LogP contribution < -0.4 is 5.32 Å². The lowest BCUT2D eigenvalue weighted by molar-refractivity contribution is -0.0100. The summed E-state index contributed by atoms with van der Waals surface area (Å²) in [5, 5.41) is 3.39. The van der Waals surface area contributed by atoms with Gasteiger partial charge in [0.2, 0.25) is 0 Å². The first-order chi connectivity index (χ1) is 9.35. The minimum Gasteiger partial charge on any atom is -0.448 e. The second-order valence-corrected chi connectivity index (χ2v) is 6.90. The summed E-state index contributed by atoms with van der Waals surface area (Å²) in [6.07, 6.45) is 8.95. The predicted molar refractivity (Wildman–Crippen MR) is 73.7 cm³/mol. The van der Waals surface area contributed by atoms with Crippen LogP contribution in [0.25, 0.3) is 0 Å². The molecule has 0 amide bonds. The largest absolute Gasteiger partial charge is 0.448 e. The lowest BCUT2D eigenvalue weighted by atomic mass is 9.51. The Balaban J connectivity index is 1.60. The van der Waals surface area contributed by atoms with Crippen LogP contribution in [0.3, 0.4) is 0 Å². The molecule has 1 aromatic rings. The van der Waals surface area contributed by atoms with E-state index in [0.717, 1.165) is 36.8 Å². The SMILES string of the molecule is CCNCc1ncoc1C1C2CC3CC(C2)CC1C3. The van der Waals surface area contributed by atoms with E-state index in [0.29, 0.717) is 5.92 Å². The summed E-state index contributed by atoms with van der Waals surface area (Å²) in [5.74, 6) is 5.70. The Labute approximate surface area is 115 Å². The zero-order valence-corrected chi connectivity index (χ0v) is 11.8. The summed E-state index contributed by atoms with van der Waals surface area (Å²) in [6, 6.07) is 0. The Morgan fingerprint density at radius 2 is 1.84 bits per heavy atom. The fraction of sp³-hybridized carbons (Fsp3) is 0.812. The number of hydrogen-bond donors (Lipinski definition) is 1. The summed E-state index contributed by atoms with van der Waals surface area (Å²) in [7, 11) is 0. The molecule has 1 aromatic heterocycles. The van der Waals surface area contributed by atoms with Gasteiger partial charge in [-0.15, -0.1) is 0 Å². The van der Waals surface area contributed by atoms with E-state index in [-0.39, 0.29) is 0 Å². The summed E-state index contributed by atoms with van der Waals surface area (Å²) < 4.78 is 5.84. The Hall–Kier alpha value is -0.830. The quantitative estimate of drug-likeness (QED) is 0.902. The van der Waals surface area contributed by atoms with Gasteiger partial charge in [0, 0.05) is 12.5 Å². The third-order valence-corrected chi connectivity index (χ3v) is 5.74. The molecule has 0 saturated heterocycles. The Morgan fingerprint density at radius 1 is 1.16 bits per heavy atom. The van der Waals surface area contributed by atoms with Crippen LogP contribution in [0.15, 0.2) is 10.8 Å². The Kier molecular flexibility index (Phi) is 2.91. The maximum atomic E-state index is 5.84. The van der Waals surface area contributed by atoms with Crippen molar-refractivity contribution in [3.63, 3.8) is 0 Å². The zero-order chi connectivity index (χ0) is 12.8. The van der Waals surface area contributed by atoms with E-state index in [1.54, 1.807) is 6.39 Å². The minimum absolute atomic E-state index is 0.670.